The number of nitrogens with one attached hydrogen (secondary N) is 2. The van der Waals surface area contributed by atoms with E-state index in [1.807, 2.05) is 30.3 Å². The van der Waals surface area contributed by atoms with Gasteiger partial charge in [0.1, 0.15) is 18.2 Å². The monoisotopic (exact) mass is 352 g/mol. The molecule has 2 amide bonds. The van der Waals surface area contributed by atoms with Crippen LogP contribution in [0.25, 0.3) is 0 Å². The van der Waals surface area contributed by atoms with Crippen molar-refractivity contribution in [2.24, 2.45) is 0 Å². The second-order valence-electron chi connectivity index (χ2n) is 5.41. The third-order valence-electron chi connectivity index (χ3n) is 3.47. The van der Waals surface area contributed by atoms with Gasteiger partial charge in [-0.1, -0.05) is 48.2 Å². The first-order valence-corrected chi connectivity index (χ1v) is 8.22. The summed E-state index contributed by atoms with van der Waals surface area (Å²) in [6, 6.07) is 13.4. The standard InChI is InChI=1S/C21H21FN2O2/c1-2-7-18-8-3-4-9-20(18)26-15-6-5-14-23-21(25)24-16-17-10-12-19(22)13-11-17/h2-4,8-13H,1,7,14-16H2,(H2,23,24,25). The van der Waals surface area contributed by atoms with Crippen molar-refractivity contribution in [2.75, 3.05) is 13.2 Å². The Kier molecular flexibility index (Phi) is 7.75. The minimum Gasteiger partial charge on any atom is -0.481 e. The molecule has 4 nitrogen and oxygen atoms in total. The van der Waals surface area contributed by atoms with Gasteiger partial charge in [-0.3, -0.25) is 0 Å². The summed E-state index contributed by atoms with van der Waals surface area (Å²) < 4.78 is 18.4. The number of rotatable bonds is 7. The third kappa shape index (κ3) is 6.70. The van der Waals surface area contributed by atoms with Crippen LogP contribution < -0.4 is 15.4 Å². The smallest absolute Gasteiger partial charge is 0.315 e. The molecular formula is C21H21FN2O2. The van der Waals surface area contributed by atoms with Crippen LogP contribution in [0.5, 0.6) is 5.75 Å². The summed E-state index contributed by atoms with van der Waals surface area (Å²) in [6.45, 7) is 4.51. The molecule has 0 saturated carbocycles. The van der Waals surface area contributed by atoms with Crippen molar-refractivity contribution < 1.29 is 13.9 Å². The third-order valence-corrected chi connectivity index (χ3v) is 3.47. The van der Waals surface area contributed by atoms with Crippen LogP contribution >= 0.6 is 0 Å². The lowest BCUT2D eigenvalue weighted by atomic mass is 10.1. The van der Waals surface area contributed by atoms with Crippen molar-refractivity contribution in [1.29, 1.82) is 0 Å². The van der Waals surface area contributed by atoms with Gasteiger partial charge in [0.25, 0.3) is 0 Å². The van der Waals surface area contributed by atoms with E-state index in [-0.39, 0.29) is 25.0 Å². The predicted octanol–water partition coefficient (Wildman–Crippen LogP) is 3.44. The van der Waals surface area contributed by atoms with Gasteiger partial charge in [0.2, 0.25) is 0 Å². The van der Waals surface area contributed by atoms with Crippen LogP contribution in [0.4, 0.5) is 9.18 Å². The van der Waals surface area contributed by atoms with Crippen molar-refractivity contribution in [3.05, 3.63) is 78.1 Å². The zero-order valence-electron chi connectivity index (χ0n) is 14.4. The van der Waals surface area contributed by atoms with Gasteiger partial charge in [0, 0.05) is 6.54 Å². The molecular weight excluding hydrogens is 331 g/mol. The van der Waals surface area contributed by atoms with E-state index in [0.717, 1.165) is 23.3 Å². The number of para-hydroxylation sites is 1. The van der Waals surface area contributed by atoms with E-state index in [9.17, 15) is 9.18 Å². The first kappa shape index (κ1) is 19.1. The summed E-state index contributed by atoms with van der Waals surface area (Å²) in [5.74, 6) is 6.16. The van der Waals surface area contributed by atoms with Gasteiger partial charge < -0.3 is 15.4 Å². The molecule has 2 rings (SSSR count). The summed E-state index contributed by atoms with van der Waals surface area (Å²) in [5, 5.41) is 5.30. The number of ether oxygens (including phenoxy) is 1. The maximum Gasteiger partial charge on any atom is 0.315 e. The summed E-state index contributed by atoms with van der Waals surface area (Å²) >= 11 is 0. The molecule has 0 bridgehead atoms. The van der Waals surface area contributed by atoms with E-state index >= 15 is 0 Å². The molecule has 2 aromatic carbocycles. The van der Waals surface area contributed by atoms with Crippen LogP contribution in [0, 0.1) is 17.7 Å². The van der Waals surface area contributed by atoms with Gasteiger partial charge in [-0.2, -0.15) is 0 Å². The largest absolute Gasteiger partial charge is 0.481 e. The highest BCUT2D eigenvalue weighted by Crippen LogP contribution is 2.18. The topological polar surface area (TPSA) is 50.4 Å². The number of benzene rings is 2. The van der Waals surface area contributed by atoms with Gasteiger partial charge in [-0.05, 0) is 35.7 Å². The van der Waals surface area contributed by atoms with Gasteiger partial charge in [-0.25, -0.2) is 9.18 Å². The molecule has 0 aromatic heterocycles. The Morgan fingerprint density at radius 3 is 2.65 bits per heavy atom. The van der Waals surface area contributed by atoms with Crippen LogP contribution in [-0.2, 0) is 13.0 Å². The molecule has 2 N–H and O–H groups in total. The number of hydrogen-bond donors (Lipinski definition) is 2. The Hall–Kier alpha value is -3.26. The van der Waals surface area contributed by atoms with Crippen molar-refractivity contribution in [3.63, 3.8) is 0 Å². The number of carbonyl (C=O) groups is 1. The molecule has 0 atom stereocenters. The lowest BCUT2D eigenvalue weighted by molar-refractivity contribution is 0.241. The fourth-order valence-corrected chi connectivity index (χ4v) is 2.17. The summed E-state index contributed by atoms with van der Waals surface area (Å²) in [6.07, 6.45) is 2.56. The average molecular weight is 352 g/mol. The van der Waals surface area contributed by atoms with Crippen molar-refractivity contribution in [2.45, 2.75) is 13.0 Å². The van der Waals surface area contributed by atoms with Crippen molar-refractivity contribution in [3.8, 4) is 17.6 Å². The Balaban J connectivity index is 1.66. The number of amides is 2. The highest BCUT2D eigenvalue weighted by molar-refractivity contribution is 5.74. The average Bonchev–Trinajstić information content (AvgIpc) is 2.65. The zero-order valence-corrected chi connectivity index (χ0v) is 14.4. The predicted molar refractivity (Wildman–Crippen MR) is 100 cm³/mol. The Labute approximate surface area is 153 Å². The second-order valence-corrected chi connectivity index (χ2v) is 5.41. The van der Waals surface area contributed by atoms with E-state index in [1.165, 1.54) is 12.1 Å². The van der Waals surface area contributed by atoms with Crippen LogP contribution in [0.15, 0.2) is 61.2 Å². The molecule has 0 aliphatic rings. The molecule has 5 heteroatoms. The van der Waals surface area contributed by atoms with Crippen LogP contribution in [0.2, 0.25) is 0 Å². The Morgan fingerprint density at radius 2 is 1.88 bits per heavy atom. The maximum absolute atomic E-state index is 12.8. The van der Waals surface area contributed by atoms with Crippen LogP contribution in [-0.4, -0.2) is 19.2 Å². The van der Waals surface area contributed by atoms with E-state index in [0.29, 0.717) is 6.54 Å². The molecule has 0 aliphatic carbocycles. The zero-order chi connectivity index (χ0) is 18.6. The molecule has 0 radical (unpaired) electrons. The molecule has 0 heterocycles. The highest BCUT2D eigenvalue weighted by atomic mass is 19.1. The first-order chi connectivity index (χ1) is 12.7. The second kappa shape index (κ2) is 10.6. The van der Waals surface area contributed by atoms with E-state index in [4.69, 9.17) is 4.74 Å². The molecule has 2 aromatic rings. The molecule has 134 valence electrons. The van der Waals surface area contributed by atoms with Gasteiger partial charge in [0.15, 0.2) is 0 Å². The number of halogens is 1. The minimum absolute atomic E-state index is 0.215. The molecule has 0 unspecified atom stereocenters. The van der Waals surface area contributed by atoms with Crippen molar-refractivity contribution >= 4 is 6.03 Å². The molecule has 26 heavy (non-hydrogen) atoms. The Bertz CT molecular complexity index is 792. The fourth-order valence-electron chi connectivity index (χ4n) is 2.17. The highest BCUT2D eigenvalue weighted by Gasteiger charge is 2.00. The van der Waals surface area contributed by atoms with Gasteiger partial charge >= 0.3 is 6.03 Å². The summed E-state index contributed by atoms with van der Waals surface area (Å²) in [4.78, 5) is 11.6. The van der Waals surface area contributed by atoms with Crippen LogP contribution in [0.1, 0.15) is 11.1 Å². The lowest BCUT2D eigenvalue weighted by Gasteiger charge is -2.07. The number of carbonyl (C=O) groups excluding carboxylic acids is 1. The summed E-state index contributed by atoms with van der Waals surface area (Å²) in [7, 11) is 0. The molecule has 0 saturated heterocycles. The SMILES string of the molecule is C=CCc1ccccc1OCC#CCNC(=O)NCc1ccc(F)cc1. The van der Waals surface area contributed by atoms with Gasteiger partial charge in [0.05, 0.1) is 6.54 Å². The maximum atomic E-state index is 12.8. The van der Waals surface area contributed by atoms with E-state index in [1.54, 1.807) is 12.1 Å². The molecule has 0 aliphatic heterocycles. The Morgan fingerprint density at radius 1 is 1.12 bits per heavy atom. The van der Waals surface area contributed by atoms with Crippen molar-refractivity contribution in [1.82, 2.24) is 10.6 Å². The first-order valence-electron chi connectivity index (χ1n) is 8.22. The quantitative estimate of drug-likeness (QED) is 0.592. The minimum atomic E-state index is -0.333. The van der Waals surface area contributed by atoms with E-state index in [2.05, 4.69) is 29.1 Å². The normalized spacial score (nSPS) is 9.58. The molecule has 0 spiro atoms. The number of urea groups is 1. The fraction of sp³-hybridized carbons (Fsp3) is 0.190. The summed E-state index contributed by atoms with van der Waals surface area (Å²) in [5.41, 5.74) is 1.88. The lowest BCUT2D eigenvalue weighted by Crippen LogP contribution is -2.35. The molecule has 0 fully saturated rings. The van der Waals surface area contributed by atoms with E-state index < -0.39 is 0 Å². The number of hydrogen-bond acceptors (Lipinski definition) is 2. The van der Waals surface area contributed by atoms with Crippen LogP contribution in [0.3, 0.4) is 0 Å². The number of allylic oxidation sites excluding steroid dienone is 1. The van der Waals surface area contributed by atoms with Gasteiger partial charge in [-0.15, -0.1) is 6.58 Å².